The summed E-state index contributed by atoms with van der Waals surface area (Å²) in [6.45, 7) is 0. The zero-order valence-corrected chi connectivity index (χ0v) is 12.0. The number of benzene rings is 1. The maximum Gasteiger partial charge on any atom is 0.281 e. The molecule has 0 aliphatic heterocycles. The average Bonchev–Trinajstić information content (AvgIpc) is 2.42. The molecule has 0 saturated heterocycles. The number of hydrogen-bond acceptors (Lipinski definition) is 4. The van der Waals surface area contributed by atoms with Crippen LogP contribution in [0.3, 0.4) is 0 Å². The van der Waals surface area contributed by atoms with Gasteiger partial charge < -0.3 is 5.32 Å². The average molecular weight is 316 g/mol. The normalized spacial score (nSPS) is 11.2. The van der Waals surface area contributed by atoms with E-state index in [0.717, 1.165) is 12.1 Å². The Morgan fingerprint density at radius 3 is 2.65 bits per heavy atom. The summed E-state index contributed by atoms with van der Waals surface area (Å²) in [5, 5.41) is 2.54. The highest BCUT2D eigenvalue weighted by atomic mass is 35.5. The smallest absolute Gasteiger partial charge is 0.281 e. The van der Waals surface area contributed by atoms with Crippen molar-refractivity contribution in [1.29, 1.82) is 0 Å². The van der Waals surface area contributed by atoms with Crippen molar-refractivity contribution in [2.24, 2.45) is 0 Å². The monoisotopic (exact) mass is 315 g/mol. The highest BCUT2D eigenvalue weighted by Crippen LogP contribution is 2.26. The SMILES string of the molecule is CNc1cccnc1S(=O)(=O)Nc1ccc(F)cc1Cl. The molecule has 1 aromatic heterocycles. The Morgan fingerprint density at radius 2 is 2.00 bits per heavy atom. The molecule has 8 heteroatoms. The van der Waals surface area contributed by atoms with Crippen molar-refractivity contribution in [2.45, 2.75) is 5.03 Å². The molecule has 0 bridgehead atoms. The summed E-state index contributed by atoms with van der Waals surface area (Å²) in [6.07, 6.45) is 1.36. The van der Waals surface area contributed by atoms with Gasteiger partial charge in [0.15, 0.2) is 5.03 Å². The van der Waals surface area contributed by atoms with E-state index in [0.29, 0.717) is 5.69 Å². The van der Waals surface area contributed by atoms with Crippen molar-refractivity contribution < 1.29 is 12.8 Å². The standard InChI is InChI=1S/C12H11ClFN3O2S/c1-15-11-3-2-6-16-12(11)20(18,19)17-10-5-4-8(14)7-9(10)13/h2-7,15,17H,1H3. The molecular weight excluding hydrogens is 305 g/mol. The van der Waals surface area contributed by atoms with Crippen molar-refractivity contribution in [1.82, 2.24) is 4.98 Å². The number of nitrogens with zero attached hydrogens (tertiary/aromatic N) is 1. The second kappa shape index (κ2) is 5.64. The Morgan fingerprint density at radius 1 is 1.25 bits per heavy atom. The number of pyridine rings is 1. The third-order valence-electron chi connectivity index (χ3n) is 2.47. The first-order valence-electron chi connectivity index (χ1n) is 5.54. The predicted octanol–water partition coefficient (Wildman–Crippen LogP) is 2.72. The summed E-state index contributed by atoms with van der Waals surface area (Å²) < 4.78 is 39.7. The van der Waals surface area contributed by atoms with Crippen LogP contribution in [0.5, 0.6) is 0 Å². The first kappa shape index (κ1) is 14.5. The number of anilines is 2. The van der Waals surface area contributed by atoms with Crippen LogP contribution < -0.4 is 10.0 Å². The fraction of sp³-hybridized carbons (Fsp3) is 0.0833. The number of halogens is 2. The summed E-state index contributed by atoms with van der Waals surface area (Å²) in [7, 11) is -2.34. The molecule has 0 amide bonds. The van der Waals surface area contributed by atoms with Crippen molar-refractivity contribution >= 4 is 33.0 Å². The third kappa shape index (κ3) is 3.00. The molecule has 106 valence electrons. The van der Waals surface area contributed by atoms with Crippen LogP contribution in [-0.4, -0.2) is 20.4 Å². The summed E-state index contributed by atoms with van der Waals surface area (Å²) >= 11 is 5.79. The van der Waals surface area contributed by atoms with Gasteiger partial charge in [0, 0.05) is 13.2 Å². The molecule has 0 spiro atoms. The first-order valence-corrected chi connectivity index (χ1v) is 7.41. The minimum atomic E-state index is -3.92. The molecule has 2 N–H and O–H groups in total. The van der Waals surface area contributed by atoms with Crippen molar-refractivity contribution in [2.75, 3.05) is 17.1 Å². The van der Waals surface area contributed by atoms with Crippen LogP contribution in [0.15, 0.2) is 41.6 Å². The Bertz CT molecular complexity index is 737. The van der Waals surface area contributed by atoms with Crippen LogP contribution in [0.2, 0.25) is 5.02 Å². The van der Waals surface area contributed by atoms with E-state index < -0.39 is 15.8 Å². The molecule has 2 rings (SSSR count). The fourth-order valence-electron chi connectivity index (χ4n) is 1.56. The maximum atomic E-state index is 12.9. The summed E-state index contributed by atoms with van der Waals surface area (Å²) in [5.74, 6) is -0.549. The molecule has 0 fully saturated rings. The van der Waals surface area contributed by atoms with Gasteiger partial charge in [-0.05, 0) is 30.3 Å². The minimum Gasteiger partial charge on any atom is -0.386 e. The van der Waals surface area contributed by atoms with Crippen LogP contribution in [0, 0.1) is 5.82 Å². The van der Waals surface area contributed by atoms with E-state index in [2.05, 4.69) is 15.0 Å². The Kier molecular flexibility index (Phi) is 4.10. The second-order valence-corrected chi connectivity index (χ2v) is 5.84. The van der Waals surface area contributed by atoms with E-state index in [1.54, 1.807) is 19.2 Å². The zero-order chi connectivity index (χ0) is 14.8. The molecule has 5 nitrogen and oxygen atoms in total. The Balaban J connectivity index is 2.41. The Hall–Kier alpha value is -1.86. The number of hydrogen-bond donors (Lipinski definition) is 2. The van der Waals surface area contributed by atoms with Crippen LogP contribution >= 0.6 is 11.6 Å². The van der Waals surface area contributed by atoms with Gasteiger partial charge in [0.1, 0.15) is 5.82 Å². The van der Waals surface area contributed by atoms with Gasteiger partial charge in [0.05, 0.1) is 16.4 Å². The number of nitrogens with one attached hydrogen (secondary N) is 2. The molecule has 0 aliphatic rings. The highest BCUT2D eigenvalue weighted by molar-refractivity contribution is 7.92. The second-order valence-electron chi connectivity index (χ2n) is 3.84. The van der Waals surface area contributed by atoms with E-state index in [4.69, 9.17) is 11.6 Å². The van der Waals surface area contributed by atoms with Crippen LogP contribution in [0.25, 0.3) is 0 Å². The van der Waals surface area contributed by atoms with Gasteiger partial charge >= 0.3 is 0 Å². The quantitative estimate of drug-likeness (QED) is 0.910. The zero-order valence-electron chi connectivity index (χ0n) is 10.4. The van der Waals surface area contributed by atoms with E-state index in [1.165, 1.54) is 12.3 Å². The van der Waals surface area contributed by atoms with Gasteiger partial charge in [-0.1, -0.05) is 11.6 Å². The van der Waals surface area contributed by atoms with Gasteiger partial charge in [-0.15, -0.1) is 0 Å². The van der Waals surface area contributed by atoms with Crippen molar-refractivity contribution in [3.8, 4) is 0 Å². The maximum absolute atomic E-state index is 12.9. The van der Waals surface area contributed by atoms with Gasteiger partial charge in [-0.3, -0.25) is 4.72 Å². The predicted molar refractivity (Wildman–Crippen MR) is 76.0 cm³/mol. The van der Waals surface area contributed by atoms with E-state index >= 15 is 0 Å². The lowest BCUT2D eigenvalue weighted by Gasteiger charge is -2.11. The van der Waals surface area contributed by atoms with Crippen LogP contribution in [-0.2, 0) is 10.0 Å². The molecule has 0 atom stereocenters. The largest absolute Gasteiger partial charge is 0.386 e. The van der Waals surface area contributed by atoms with Crippen molar-refractivity contribution in [3.63, 3.8) is 0 Å². The first-order chi connectivity index (χ1) is 9.44. The molecule has 2 aromatic rings. The fourth-order valence-corrected chi connectivity index (χ4v) is 3.05. The molecule has 0 unspecified atom stereocenters. The molecule has 0 saturated carbocycles. The molecule has 0 radical (unpaired) electrons. The van der Waals surface area contributed by atoms with Gasteiger partial charge in [-0.2, -0.15) is 8.42 Å². The molecule has 1 heterocycles. The van der Waals surface area contributed by atoms with Crippen molar-refractivity contribution in [3.05, 3.63) is 47.4 Å². The number of sulfonamides is 1. The Labute approximate surface area is 120 Å². The number of rotatable bonds is 4. The summed E-state index contributed by atoms with van der Waals surface area (Å²) in [4.78, 5) is 3.83. The third-order valence-corrected chi connectivity index (χ3v) is 4.11. The minimum absolute atomic E-state index is 0.0319. The van der Waals surface area contributed by atoms with E-state index in [1.807, 2.05) is 0 Å². The van der Waals surface area contributed by atoms with E-state index in [9.17, 15) is 12.8 Å². The van der Waals surface area contributed by atoms with E-state index in [-0.39, 0.29) is 15.7 Å². The molecule has 20 heavy (non-hydrogen) atoms. The summed E-state index contributed by atoms with van der Waals surface area (Å²) in [6, 6.07) is 6.57. The lowest BCUT2D eigenvalue weighted by atomic mass is 10.3. The summed E-state index contributed by atoms with van der Waals surface area (Å²) in [5.41, 5.74) is 0.430. The molecular formula is C12H11ClFN3O2S. The highest BCUT2D eigenvalue weighted by Gasteiger charge is 2.20. The van der Waals surface area contributed by atoms with Gasteiger partial charge in [0.25, 0.3) is 10.0 Å². The number of aromatic nitrogens is 1. The topological polar surface area (TPSA) is 71.1 Å². The molecule has 0 aliphatic carbocycles. The van der Waals surface area contributed by atoms with Gasteiger partial charge in [-0.25, -0.2) is 9.37 Å². The van der Waals surface area contributed by atoms with Crippen LogP contribution in [0.1, 0.15) is 0 Å². The van der Waals surface area contributed by atoms with Gasteiger partial charge in [0.2, 0.25) is 0 Å². The lowest BCUT2D eigenvalue weighted by molar-refractivity contribution is 0.598. The molecule has 1 aromatic carbocycles. The lowest BCUT2D eigenvalue weighted by Crippen LogP contribution is -2.16. The van der Waals surface area contributed by atoms with Crippen LogP contribution in [0.4, 0.5) is 15.8 Å².